The highest BCUT2D eigenvalue weighted by atomic mass is 16.3. The van der Waals surface area contributed by atoms with Crippen molar-refractivity contribution >= 4 is 0 Å². The van der Waals surface area contributed by atoms with Crippen LogP contribution in [0, 0.1) is 0 Å². The number of aliphatic hydroxyl groups excluding tert-OH is 3. The minimum atomic E-state index is -0.480. The Morgan fingerprint density at radius 1 is 0.344 bits per heavy atom. The first-order valence-corrected chi connectivity index (χ1v) is 14.6. The van der Waals surface area contributed by atoms with E-state index in [1.807, 2.05) is 0 Å². The summed E-state index contributed by atoms with van der Waals surface area (Å²) in [6.45, 7) is 4.51. The van der Waals surface area contributed by atoms with Crippen LogP contribution in [0.1, 0.15) is 168 Å². The molecule has 194 valence electrons. The molecule has 0 fully saturated rings. The second-order valence-corrected chi connectivity index (χ2v) is 10.4. The molecule has 32 heavy (non-hydrogen) atoms. The van der Waals surface area contributed by atoms with E-state index >= 15 is 0 Å². The van der Waals surface area contributed by atoms with E-state index in [1.165, 1.54) is 109 Å². The highest BCUT2D eigenvalue weighted by Crippen LogP contribution is 2.17. The van der Waals surface area contributed by atoms with Crippen LogP contribution in [-0.2, 0) is 0 Å². The summed E-state index contributed by atoms with van der Waals surface area (Å²) >= 11 is 0. The van der Waals surface area contributed by atoms with Gasteiger partial charge in [-0.05, 0) is 32.1 Å². The van der Waals surface area contributed by atoms with Gasteiger partial charge < -0.3 is 15.3 Å². The average Bonchev–Trinajstić information content (AvgIpc) is 2.77. The van der Waals surface area contributed by atoms with E-state index in [-0.39, 0.29) is 6.10 Å². The maximum Gasteiger partial charge on any atom is 0.0565 e. The van der Waals surface area contributed by atoms with Crippen molar-refractivity contribution in [2.75, 3.05) is 0 Å². The topological polar surface area (TPSA) is 60.7 Å². The number of unbranched alkanes of at least 4 members (excludes halogenated alkanes) is 17. The first kappa shape index (κ1) is 31.9. The summed E-state index contributed by atoms with van der Waals surface area (Å²) in [4.78, 5) is 0. The van der Waals surface area contributed by atoms with Crippen molar-refractivity contribution in [1.29, 1.82) is 0 Å². The van der Waals surface area contributed by atoms with Gasteiger partial charge in [0.15, 0.2) is 0 Å². The third-order valence-corrected chi connectivity index (χ3v) is 6.91. The first-order valence-electron chi connectivity index (χ1n) is 14.6. The maximum absolute atomic E-state index is 10.2. The average molecular weight is 457 g/mol. The fourth-order valence-electron chi connectivity index (χ4n) is 4.64. The van der Waals surface area contributed by atoms with E-state index < -0.39 is 12.2 Å². The van der Waals surface area contributed by atoms with Crippen molar-refractivity contribution in [3.05, 3.63) is 0 Å². The van der Waals surface area contributed by atoms with Gasteiger partial charge in [0.2, 0.25) is 0 Å². The monoisotopic (exact) mass is 456 g/mol. The molecule has 0 heterocycles. The molecule has 0 saturated heterocycles. The first-order chi connectivity index (χ1) is 15.6. The van der Waals surface area contributed by atoms with Crippen molar-refractivity contribution in [1.82, 2.24) is 0 Å². The van der Waals surface area contributed by atoms with Crippen LogP contribution in [0.4, 0.5) is 0 Å². The summed E-state index contributed by atoms with van der Waals surface area (Å²) in [5.74, 6) is 0. The quantitative estimate of drug-likeness (QED) is 0.114. The summed E-state index contributed by atoms with van der Waals surface area (Å²) in [5.41, 5.74) is 0. The van der Waals surface area contributed by atoms with Gasteiger partial charge in [-0.1, -0.05) is 136 Å². The van der Waals surface area contributed by atoms with E-state index in [0.717, 1.165) is 25.7 Å². The Kier molecular flexibility index (Phi) is 25.4. The van der Waals surface area contributed by atoms with E-state index in [4.69, 9.17) is 0 Å². The third-order valence-electron chi connectivity index (χ3n) is 6.91. The summed E-state index contributed by atoms with van der Waals surface area (Å²) in [5, 5.41) is 30.5. The van der Waals surface area contributed by atoms with Gasteiger partial charge in [0.1, 0.15) is 0 Å². The summed E-state index contributed by atoms with van der Waals surface area (Å²) < 4.78 is 0. The van der Waals surface area contributed by atoms with E-state index in [2.05, 4.69) is 13.8 Å². The predicted molar refractivity (Wildman–Crippen MR) is 140 cm³/mol. The Balaban J connectivity index is 3.41. The molecule has 0 aliphatic carbocycles. The lowest BCUT2D eigenvalue weighted by atomic mass is 9.98. The van der Waals surface area contributed by atoms with E-state index in [1.54, 1.807) is 0 Å². The molecule has 0 spiro atoms. The van der Waals surface area contributed by atoms with Crippen LogP contribution in [0.3, 0.4) is 0 Å². The van der Waals surface area contributed by atoms with Crippen LogP contribution < -0.4 is 0 Å². The minimum absolute atomic E-state index is 0.298. The molecule has 0 bridgehead atoms. The van der Waals surface area contributed by atoms with Crippen molar-refractivity contribution < 1.29 is 15.3 Å². The largest absolute Gasteiger partial charge is 0.393 e. The molecule has 0 aromatic carbocycles. The zero-order chi connectivity index (χ0) is 23.7. The minimum Gasteiger partial charge on any atom is -0.393 e. The van der Waals surface area contributed by atoms with Crippen molar-refractivity contribution in [3.63, 3.8) is 0 Å². The van der Waals surface area contributed by atoms with Crippen LogP contribution in [-0.4, -0.2) is 33.6 Å². The lowest BCUT2D eigenvalue weighted by Crippen LogP contribution is -2.19. The molecule has 0 radical (unpaired) electrons. The molecule has 3 heteroatoms. The van der Waals surface area contributed by atoms with Crippen molar-refractivity contribution in [2.24, 2.45) is 0 Å². The zero-order valence-corrected chi connectivity index (χ0v) is 22.0. The number of aliphatic hydroxyl groups is 3. The van der Waals surface area contributed by atoms with E-state index in [0.29, 0.717) is 19.3 Å². The summed E-state index contributed by atoms with van der Waals surface area (Å²) in [7, 11) is 0. The SMILES string of the molecule is CCCCCCCCCCCCCCC(O)CCC(O)CC(O)CCCCCCCCC. The molecular weight excluding hydrogens is 396 g/mol. The predicted octanol–water partition coefficient (Wildman–Crippen LogP) is 8.47. The molecule has 3 unspecified atom stereocenters. The molecule has 0 saturated carbocycles. The van der Waals surface area contributed by atoms with Gasteiger partial charge in [-0.15, -0.1) is 0 Å². The highest BCUT2D eigenvalue weighted by Gasteiger charge is 2.14. The lowest BCUT2D eigenvalue weighted by Gasteiger charge is -2.17. The van der Waals surface area contributed by atoms with Crippen LogP contribution >= 0.6 is 0 Å². The Morgan fingerprint density at radius 2 is 0.625 bits per heavy atom. The molecule has 3 nitrogen and oxygen atoms in total. The molecule has 0 amide bonds. The van der Waals surface area contributed by atoms with Gasteiger partial charge in [0.05, 0.1) is 18.3 Å². The van der Waals surface area contributed by atoms with Gasteiger partial charge in [-0.25, -0.2) is 0 Å². The fraction of sp³-hybridized carbons (Fsp3) is 1.00. The van der Waals surface area contributed by atoms with Crippen molar-refractivity contribution in [3.8, 4) is 0 Å². The molecule has 0 aliphatic heterocycles. The maximum atomic E-state index is 10.2. The summed E-state index contributed by atoms with van der Waals surface area (Å²) in [6, 6.07) is 0. The van der Waals surface area contributed by atoms with Crippen LogP contribution in [0.15, 0.2) is 0 Å². The lowest BCUT2D eigenvalue weighted by molar-refractivity contribution is 0.0553. The van der Waals surface area contributed by atoms with Gasteiger partial charge in [-0.3, -0.25) is 0 Å². The highest BCUT2D eigenvalue weighted by molar-refractivity contribution is 4.67. The molecule has 0 aromatic rings. The summed E-state index contributed by atoms with van der Waals surface area (Å²) in [6.07, 6.45) is 27.0. The Labute approximate surface area is 201 Å². The van der Waals surface area contributed by atoms with Crippen LogP contribution in [0.2, 0.25) is 0 Å². The molecule has 3 N–H and O–H groups in total. The third kappa shape index (κ3) is 24.5. The number of hydrogen-bond donors (Lipinski definition) is 3. The fourth-order valence-corrected chi connectivity index (χ4v) is 4.64. The molecule has 0 aromatic heterocycles. The smallest absolute Gasteiger partial charge is 0.0565 e. The molecule has 0 rings (SSSR count). The van der Waals surface area contributed by atoms with Crippen LogP contribution in [0.25, 0.3) is 0 Å². The van der Waals surface area contributed by atoms with Gasteiger partial charge >= 0.3 is 0 Å². The van der Waals surface area contributed by atoms with Gasteiger partial charge in [-0.2, -0.15) is 0 Å². The number of rotatable bonds is 26. The Hall–Kier alpha value is -0.120. The van der Waals surface area contributed by atoms with Crippen molar-refractivity contribution in [2.45, 2.75) is 186 Å². The van der Waals surface area contributed by atoms with Gasteiger partial charge in [0, 0.05) is 0 Å². The zero-order valence-electron chi connectivity index (χ0n) is 22.0. The molecule has 0 aliphatic rings. The number of hydrogen-bond acceptors (Lipinski definition) is 3. The second-order valence-electron chi connectivity index (χ2n) is 10.4. The molecular formula is C29H60O3. The Bertz CT molecular complexity index is 347. The second kappa shape index (κ2) is 25.5. The normalized spacial score (nSPS) is 14.5. The van der Waals surface area contributed by atoms with Crippen LogP contribution in [0.5, 0.6) is 0 Å². The standard InChI is InChI=1S/C29H60O3/c1-3-5-7-9-11-12-13-14-15-17-18-20-22-27(30)24-25-29(32)26-28(31)23-21-19-16-10-8-6-4-2/h27-32H,3-26H2,1-2H3. The Morgan fingerprint density at radius 3 is 1.03 bits per heavy atom. The molecule has 3 atom stereocenters. The van der Waals surface area contributed by atoms with E-state index in [9.17, 15) is 15.3 Å². The van der Waals surface area contributed by atoms with Gasteiger partial charge in [0.25, 0.3) is 0 Å².